The number of nitrogens with one attached hydrogen (secondary N) is 1. The standard InChI is InChI=1S/C18H24N4OS2/c1-5-14-7-9-15(10-8-14)19-17-20-21-18(25-17)24-12-16(23)22(6-2)11-13(3)4/h7-10H,3,5-6,11-12H2,1-2,4H3,(H,19,20). The van der Waals surface area contributed by atoms with Crippen molar-refractivity contribution in [1.29, 1.82) is 0 Å². The Balaban J connectivity index is 1.88. The van der Waals surface area contributed by atoms with Crippen LogP contribution in [0.3, 0.4) is 0 Å². The number of thioether (sulfide) groups is 1. The summed E-state index contributed by atoms with van der Waals surface area (Å²) in [5.74, 6) is 0.455. The molecule has 1 aromatic heterocycles. The Morgan fingerprint density at radius 3 is 2.60 bits per heavy atom. The van der Waals surface area contributed by atoms with Crippen molar-refractivity contribution in [1.82, 2.24) is 15.1 Å². The minimum atomic E-state index is 0.0929. The molecule has 0 aliphatic rings. The molecular weight excluding hydrogens is 352 g/mol. The van der Waals surface area contributed by atoms with Crippen LogP contribution in [0.15, 0.2) is 40.8 Å². The van der Waals surface area contributed by atoms with Gasteiger partial charge >= 0.3 is 0 Å². The quantitative estimate of drug-likeness (QED) is 0.520. The van der Waals surface area contributed by atoms with Crippen molar-refractivity contribution < 1.29 is 4.79 Å². The number of likely N-dealkylation sites (N-methyl/N-ethyl adjacent to an activating group) is 1. The fourth-order valence-corrected chi connectivity index (χ4v) is 3.86. The third-order valence-electron chi connectivity index (χ3n) is 3.53. The summed E-state index contributed by atoms with van der Waals surface area (Å²) in [6.45, 7) is 11.2. The lowest BCUT2D eigenvalue weighted by Gasteiger charge is -2.20. The lowest BCUT2D eigenvalue weighted by molar-refractivity contribution is -0.127. The molecule has 0 bridgehead atoms. The van der Waals surface area contributed by atoms with Crippen LogP contribution in [0.2, 0.25) is 0 Å². The van der Waals surface area contributed by atoms with E-state index in [1.54, 1.807) is 4.90 Å². The van der Waals surface area contributed by atoms with E-state index in [9.17, 15) is 4.79 Å². The molecule has 2 rings (SSSR count). The van der Waals surface area contributed by atoms with Gasteiger partial charge in [-0.1, -0.05) is 54.3 Å². The van der Waals surface area contributed by atoms with Crippen molar-refractivity contribution in [2.75, 3.05) is 24.2 Å². The molecule has 0 atom stereocenters. The van der Waals surface area contributed by atoms with Gasteiger partial charge in [0.1, 0.15) is 0 Å². The zero-order valence-electron chi connectivity index (χ0n) is 14.9. The Kier molecular flexibility index (Phi) is 7.46. The molecule has 0 radical (unpaired) electrons. The zero-order valence-corrected chi connectivity index (χ0v) is 16.5. The topological polar surface area (TPSA) is 58.1 Å². The molecule has 0 saturated heterocycles. The van der Waals surface area contributed by atoms with Gasteiger partial charge in [0.25, 0.3) is 0 Å². The first-order valence-corrected chi connectivity index (χ1v) is 10.1. The van der Waals surface area contributed by atoms with Gasteiger partial charge in [-0.2, -0.15) is 0 Å². The molecule has 2 aromatic rings. The van der Waals surface area contributed by atoms with E-state index in [4.69, 9.17) is 0 Å². The molecule has 25 heavy (non-hydrogen) atoms. The summed E-state index contributed by atoms with van der Waals surface area (Å²) in [6.07, 6.45) is 1.02. The Bertz CT molecular complexity index is 712. The number of rotatable bonds is 9. The predicted molar refractivity (Wildman–Crippen MR) is 107 cm³/mol. The molecule has 1 aromatic carbocycles. The molecule has 1 heterocycles. The SMILES string of the molecule is C=C(C)CN(CC)C(=O)CSc1nnc(Nc2ccc(CC)cc2)s1. The highest BCUT2D eigenvalue weighted by Crippen LogP contribution is 2.28. The second-order valence-electron chi connectivity index (χ2n) is 5.70. The number of carbonyl (C=O) groups is 1. The van der Waals surface area contributed by atoms with Crippen LogP contribution in [0, 0.1) is 0 Å². The predicted octanol–water partition coefficient (Wildman–Crippen LogP) is 4.36. The van der Waals surface area contributed by atoms with E-state index < -0.39 is 0 Å². The maximum Gasteiger partial charge on any atom is 0.233 e. The highest BCUT2D eigenvalue weighted by molar-refractivity contribution is 8.01. The highest BCUT2D eigenvalue weighted by Gasteiger charge is 2.14. The third-order valence-corrected chi connectivity index (χ3v) is 5.49. The Hall–Kier alpha value is -1.86. The fraction of sp³-hybridized carbons (Fsp3) is 0.389. The summed E-state index contributed by atoms with van der Waals surface area (Å²) in [5.41, 5.74) is 3.27. The van der Waals surface area contributed by atoms with Gasteiger partial charge in [0.05, 0.1) is 5.75 Å². The van der Waals surface area contributed by atoms with Crippen molar-refractivity contribution in [3.8, 4) is 0 Å². The molecule has 1 N–H and O–H groups in total. The van der Waals surface area contributed by atoms with Crippen LogP contribution in [0.4, 0.5) is 10.8 Å². The van der Waals surface area contributed by atoms with Gasteiger partial charge in [0.15, 0.2) is 4.34 Å². The molecule has 0 aliphatic heterocycles. The van der Waals surface area contributed by atoms with Gasteiger partial charge in [-0.3, -0.25) is 4.79 Å². The van der Waals surface area contributed by atoms with Crippen molar-refractivity contribution in [3.63, 3.8) is 0 Å². The average molecular weight is 377 g/mol. The van der Waals surface area contributed by atoms with Crippen LogP contribution in [-0.2, 0) is 11.2 Å². The van der Waals surface area contributed by atoms with Crippen LogP contribution < -0.4 is 5.32 Å². The van der Waals surface area contributed by atoms with Gasteiger partial charge < -0.3 is 10.2 Å². The van der Waals surface area contributed by atoms with E-state index in [1.165, 1.54) is 28.7 Å². The van der Waals surface area contributed by atoms with Gasteiger partial charge in [-0.05, 0) is 38.0 Å². The van der Waals surface area contributed by atoms with E-state index in [2.05, 4.69) is 41.1 Å². The van der Waals surface area contributed by atoms with E-state index in [-0.39, 0.29) is 5.91 Å². The summed E-state index contributed by atoms with van der Waals surface area (Å²) in [4.78, 5) is 14.0. The smallest absolute Gasteiger partial charge is 0.233 e. The Morgan fingerprint density at radius 2 is 2.00 bits per heavy atom. The monoisotopic (exact) mass is 376 g/mol. The van der Waals surface area contributed by atoms with Gasteiger partial charge in [-0.15, -0.1) is 10.2 Å². The van der Waals surface area contributed by atoms with E-state index in [1.807, 2.05) is 26.0 Å². The van der Waals surface area contributed by atoms with Crippen LogP contribution in [-0.4, -0.2) is 39.8 Å². The number of aromatic nitrogens is 2. The molecule has 134 valence electrons. The zero-order chi connectivity index (χ0) is 18.2. The van der Waals surface area contributed by atoms with Crippen LogP contribution >= 0.6 is 23.1 Å². The maximum atomic E-state index is 12.2. The number of nitrogens with zero attached hydrogens (tertiary/aromatic N) is 3. The van der Waals surface area contributed by atoms with Crippen LogP contribution in [0.1, 0.15) is 26.3 Å². The number of carbonyl (C=O) groups excluding carboxylic acids is 1. The number of benzene rings is 1. The fourth-order valence-electron chi connectivity index (χ4n) is 2.18. The molecule has 0 saturated carbocycles. The van der Waals surface area contributed by atoms with Crippen molar-refractivity contribution in [3.05, 3.63) is 42.0 Å². The normalized spacial score (nSPS) is 10.5. The molecular formula is C18H24N4OS2. The first kappa shape index (κ1) is 19.5. The number of anilines is 2. The first-order valence-electron chi connectivity index (χ1n) is 8.26. The molecule has 5 nitrogen and oxygen atoms in total. The van der Waals surface area contributed by atoms with Crippen molar-refractivity contribution in [2.45, 2.75) is 31.5 Å². The summed E-state index contributed by atoms with van der Waals surface area (Å²) in [5, 5.41) is 12.3. The molecule has 0 fully saturated rings. The van der Waals surface area contributed by atoms with Gasteiger partial charge in [-0.25, -0.2) is 0 Å². The second-order valence-corrected chi connectivity index (χ2v) is 7.90. The molecule has 7 heteroatoms. The summed E-state index contributed by atoms with van der Waals surface area (Å²) in [7, 11) is 0. The molecule has 0 aliphatic carbocycles. The summed E-state index contributed by atoms with van der Waals surface area (Å²) < 4.78 is 0.785. The van der Waals surface area contributed by atoms with Gasteiger partial charge in [0.2, 0.25) is 11.0 Å². The molecule has 1 amide bonds. The first-order chi connectivity index (χ1) is 12.0. The minimum absolute atomic E-state index is 0.0929. The van der Waals surface area contributed by atoms with Crippen molar-refractivity contribution in [2.24, 2.45) is 0 Å². The minimum Gasteiger partial charge on any atom is -0.338 e. The van der Waals surface area contributed by atoms with E-state index in [0.29, 0.717) is 18.8 Å². The van der Waals surface area contributed by atoms with E-state index in [0.717, 1.165) is 27.2 Å². The number of amides is 1. The highest BCUT2D eigenvalue weighted by atomic mass is 32.2. The number of hydrogen-bond donors (Lipinski definition) is 1. The third kappa shape index (κ3) is 6.17. The second kappa shape index (κ2) is 9.58. The Labute approximate surface area is 157 Å². The number of aryl methyl sites for hydroxylation is 1. The summed E-state index contributed by atoms with van der Waals surface area (Å²) in [6, 6.07) is 8.26. The summed E-state index contributed by atoms with van der Waals surface area (Å²) >= 11 is 2.88. The lowest BCUT2D eigenvalue weighted by atomic mass is 10.1. The Morgan fingerprint density at radius 1 is 1.28 bits per heavy atom. The molecule has 0 spiro atoms. The van der Waals surface area contributed by atoms with Gasteiger partial charge in [0, 0.05) is 18.8 Å². The largest absolute Gasteiger partial charge is 0.338 e. The maximum absolute atomic E-state index is 12.2. The van der Waals surface area contributed by atoms with Crippen LogP contribution in [0.5, 0.6) is 0 Å². The van der Waals surface area contributed by atoms with Crippen LogP contribution in [0.25, 0.3) is 0 Å². The van der Waals surface area contributed by atoms with Crippen molar-refractivity contribution >= 4 is 39.8 Å². The number of hydrogen-bond acceptors (Lipinski definition) is 6. The van der Waals surface area contributed by atoms with E-state index >= 15 is 0 Å². The molecule has 0 unspecified atom stereocenters. The lowest BCUT2D eigenvalue weighted by Crippen LogP contribution is -2.33. The average Bonchev–Trinajstić information content (AvgIpc) is 3.05.